The zero-order valence-electron chi connectivity index (χ0n) is 9.78. The van der Waals surface area contributed by atoms with Gasteiger partial charge in [0.25, 0.3) is 0 Å². The molecule has 0 aromatic heterocycles. The molecule has 0 spiro atoms. The van der Waals surface area contributed by atoms with Gasteiger partial charge >= 0.3 is 0 Å². The van der Waals surface area contributed by atoms with Gasteiger partial charge in [-0.15, -0.1) is 0 Å². The van der Waals surface area contributed by atoms with Gasteiger partial charge in [0.15, 0.2) is 0 Å². The number of nitrogens with one attached hydrogen (secondary N) is 2. The fourth-order valence-corrected chi connectivity index (χ4v) is 2.07. The number of phenols is 1. The van der Waals surface area contributed by atoms with Crippen LogP contribution in [-0.2, 0) is 11.2 Å². The molecule has 1 aliphatic heterocycles. The van der Waals surface area contributed by atoms with Crippen LogP contribution in [0, 0.1) is 0 Å². The fourth-order valence-electron chi connectivity index (χ4n) is 2.07. The summed E-state index contributed by atoms with van der Waals surface area (Å²) in [5, 5.41) is 15.4. The van der Waals surface area contributed by atoms with Crippen molar-refractivity contribution in [2.45, 2.75) is 25.3 Å². The standard InChI is InChI=1S/C13H18N2O2/c16-11-4-1-3-10(9-11)6-8-15-13(17)12-5-2-7-14-12/h1,3-4,9,12,14,16H,2,5-8H2,(H,15,17). The Balaban J connectivity index is 1.73. The smallest absolute Gasteiger partial charge is 0.237 e. The molecule has 1 aromatic rings. The molecule has 1 fully saturated rings. The van der Waals surface area contributed by atoms with Gasteiger partial charge in [0.1, 0.15) is 5.75 Å². The first-order chi connectivity index (χ1) is 8.25. The van der Waals surface area contributed by atoms with Crippen LogP contribution < -0.4 is 10.6 Å². The van der Waals surface area contributed by atoms with E-state index < -0.39 is 0 Å². The zero-order chi connectivity index (χ0) is 12.1. The maximum absolute atomic E-state index is 11.7. The summed E-state index contributed by atoms with van der Waals surface area (Å²) in [4.78, 5) is 11.7. The third-order valence-corrected chi connectivity index (χ3v) is 3.00. The predicted octanol–water partition coefficient (Wildman–Crippen LogP) is 0.803. The first-order valence-corrected chi connectivity index (χ1v) is 6.05. The summed E-state index contributed by atoms with van der Waals surface area (Å²) in [7, 11) is 0. The van der Waals surface area contributed by atoms with Gasteiger partial charge in [-0.25, -0.2) is 0 Å². The number of rotatable bonds is 4. The summed E-state index contributed by atoms with van der Waals surface area (Å²) >= 11 is 0. The zero-order valence-corrected chi connectivity index (χ0v) is 9.78. The second-order valence-corrected chi connectivity index (χ2v) is 4.36. The summed E-state index contributed by atoms with van der Waals surface area (Å²) in [6.07, 6.45) is 2.75. The van der Waals surface area contributed by atoms with Crippen molar-refractivity contribution in [1.29, 1.82) is 0 Å². The Kier molecular flexibility index (Phi) is 3.98. The van der Waals surface area contributed by atoms with Crippen LogP contribution in [-0.4, -0.2) is 30.1 Å². The second kappa shape index (κ2) is 5.68. The molecule has 17 heavy (non-hydrogen) atoms. The topological polar surface area (TPSA) is 61.4 Å². The maximum Gasteiger partial charge on any atom is 0.237 e. The van der Waals surface area contributed by atoms with Gasteiger partial charge in [-0.1, -0.05) is 12.1 Å². The predicted molar refractivity (Wildman–Crippen MR) is 65.8 cm³/mol. The number of hydrogen-bond acceptors (Lipinski definition) is 3. The molecule has 0 saturated carbocycles. The summed E-state index contributed by atoms with van der Waals surface area (Å²) in [6, 6.07) is 7.11. The molecule has 1 aliphatic rings. The van der Waals surface area contributed by atoms with Crippen molar-refractivity contribution in [3.63, 3.8) is 0 Å². The summed E-state index contributed by atoms with van der Waals surface area (Å²) in [5.41, 5.74) is 1.03. The number of phenolic OH excluding ortho intramolecular Hbond substituents is 1. The van der Waals surface area contributed by atoms with Gasteiger partial charge < -0.3 is 15.7 Å². The molecule has 0 radical (unpaired) electrons. The highest BCUT2D eigenvalue weighted by atomic mass is 16.3. The molecule has 1 saturated heterocycles. The molecular formula is C13H18N2O2. The summed E-state index contributed by atoms with van der Waals surface area (Å²) in [5.74, 6) is 0.355. The lowest BCUT2D eigenvalue weighted by Gasteiger charge is -2.10. The van der Waals surface area contributed by atoms with Gasteiger partial charge in [-0.05, 0) is 43.5 Å². The van der Waals surface area contributed by atoms with E-state index in [2.05, 4.69) is 10.6 Å². The Morgan fingerprint density at radius 2 is 2.41 bits per heavy atom. The minimum Gasteiger partial charge on any atom is -0.508 e. The van der Waals surface area contributed by atoms with E-state index in [1.807, 2.05) is 12.1 Å². The lowest BCUT2D eigenvalue weighted by Crippen LogP contribution is -2.41. The monoisotopic (exact) mass is 234 g/mol. The third-order valence-electron chi connectivity index (χ3n) is 3.00. The van der Waals surface area contributed by atoms with E-state index >= 15 is 0 Å². The van der Waals surface area contributed by atoms with Crippen molar-refractivity contribution in [3.05, 3.63) is 29.8 Å². The second-order valence-electron chi connectivity index (χ2n) is 4.36. The summed E-state index contributed by atoms with van der Waals surface area (Å²) < 4.78 is 0. The first-order valence-electron chi connectivity index (χ1n) is 6.05. The van der Waals surface area contributed by atoms with Crippen molar-refractivity contribution < 1.29 is 9.90 Å². The van der Waals surface area contributed by atoms with Crippen LogP contribution in [0.4, 0.5) is 0 Å². The lowest BCUT2D eigenvalue weighted by molar-refractivity contribution is -0.122. The Hall–Kier alpha value is -1.55. The maximum atomic E-state index is 11.7. The van der Waals surface area contributed by atoms with Crippen LogP contribution in [0.15, 0.2) is 24.3 Å². The third kappa shape index (κ3) is 3.46. The van der Waals surface area contributed by atoms with Crippen molar-refractivity contribution in [1.82, 2.24) is 10.6 Å². The number of carbonyl (C=O) groups excluding carboxylic acids is 1. The largest absolute Gasteiger partial charge is 0.508 e. The van der Waals surface area contributed by atoms with Crippen LogP contribution in [0.5, 0.6) is 5.75 Å². The molecule has 1 aromatic carbocycles. The van der Waals surface area contributed by atoms with E-state index in [1.165, 1.54) is 0 Å². The summed E-state index contributed by atoms with van der Waals surface area (Å²) in [6.45, 7) is 1.55. The molecule has 92 valence electrons. The lowest BCUT2D eigenvalue weighted by atomic mass is 10.1. The molecule has 2 rings (SSSR count). The molecule has 4 nitrogen and oxygen atoms in total. The number of aromatic hydroxyl groups is 1. The molecule has 1 heterocycles. The SMILES string of the molecule is O=C(NCCc1cccc(O)c1)C1CCCN1. The highest BCUT2D eigenvalue weighted by Gasteiger charge is 2.21. The molecule has 0 bridgehead atoms. The van der Waals surface area contributed by atoms with Crippen molar-refractivity contribution in [2.24, 2.45) is 0 Å². The minimum absolute atomic E-state index is 0.0147. The van der Waals surface area contributed by atoms with E-state index in [0.717, 1.165) is 31.4 Å². The van der Waals surface area contributed by atoms with Crippen molar-refractivity contribution in [2.75, 3.05) is 13.1 Å². The van der Waals surface area contributed by atoms with Gasteiger partial charge in [0.05, 0.1) is 6.04 Å². The van der Waals surface area contributed by atoms with Crippen LogP contribution in [0.1, 0.15) is 18.4 Å². The van der Waals surface area contributed by atoms with E-state index in [-0.39, 0.29) is 17.7 Å². The quantitative estimate of drug-likeness (QED) is 0.722. The molecule has 4 heteroatoms. The molecule has 1 amide bonds. The Bertz CT molecular complexity index is 387. The van der Waals surface area contributed by atoms with Crippen molar-refractivity contribution >= 4 is 5.91 Å². The number of hydrogen-bond donors (Lipinski definition) is 3. The number of carbonyl (C=O) groups is 1. The molecule has 0 aliphatic carbocycles. The van der Waals surface area contributed by atoms with Crippen LogP contribution >= 0.6 is 0 Å². The van der Waals surface area contributed by atoms with Gasteiger partial charge in [-0.3, -0.25) is 4.79 Å². The van der Waals surface area contributed by atoms with Gasteiger partial charge in [-0.2, -0.15) is 0 Å². The highest BCUT2D eigenvalue weighted by molar-refractivity contribution is 5.81. The van der Waals surface area contributed by atoms with E-state index in [9.17, 15) is 9.90 Å². The van der Waals surface area contributed by atoms with Gasteiger partial charge in [0.2, 0.25) is 5.91 Å². The van der Waals surface area contributed by atoms with Crippen LogP contribution in [0.2, 0.25) is 0 Å². The molecule has 1 atom stereocenters. The normalized spacial score (nSPS) is 19.2. The Labute approximate surface area is 101 Å². The van der Waals surface area contributed by atoms with E-state index in [0.29, 0.717) is 6.54 Å². The average molecular weight is 234 g/mol. The average Bonchev–Trinajstić information content (AvgIpc) is 2.82. The van der Waals surface area contributed by atoms with E-state index in [1.54, 1.807) is 12.1 Å². The van der Waals surface area contributed by atoms with E-state index in [4.69, 9.17) is 0 Å². The number of benzene rings is 1. The fraction of sp³-hybridized carbons (Fsp3) is 0.462. The van der Waals surface area contributed by atoms with Crippen LogP contribution in [0.3, 0.4) is 0 Å². The minimum atomic E-state index is -0.0147. The first kappa shape index (κ1) is 11.9. The molecule has 1 unspecified atom stereocenters. The Morgan fingerprint density at radius 3 is 3.12 bits per heavy atom. The number of amides is 1. The highest BCUT2D eigenvalue weighted by Crippen LogP contribution is 2.11. The van der Waals surface area contributed by atoms with Crippen molar-refractivity contribution in [3.8, 4) is 5.75 Å². The molecule has 3 N–H and O–H groups in total. The molecular weight excluding hydrogens is 216 g/mol. The van der Waals surface area contributed by atoms with Gasteiger partial charge in [0, 0.05) is 6.54 Å². The van der Waals surface area contributed by atoms with Crippen LogP contribution in [0.25, 0.3) is 0 Å². The Morgan fingerprint density at radius 1 is 1.53 bits per heavy atom.